The van der Waals surface area contributed by atoms with Gasteiger partial charge in [-0.05, 0) is 0 Å². The predicted octanol–water partition coefficient (Wildman–Crippen LogP) is -2.18. The van der Waals surface area contributed by atoms with Crippen molar-refractivity contribution < 1.29 is 14.4 Å². The predicted molar refractivity (Wildman–Crippen MR) is 74.9 cm³/mol. The maximum Gasteiger partial charge on any atom is 0.227 e. The molecule has 0 rings (SSSR count). The minimum absolute atomic E-state index is 0. The van der Waals surface area contributed by atoms with E-state index in [0.29, 0.717) is 0 Å². The molecule has 6 nitrogen and oxygen atoms in total. The number of hydrogen-bond acceptors (Lipinski definition) is 6. The molecule has 16 heavy (non-hydrogen) atoms. The number of rotatable bonds is 3. The molecule has 0 fully saturated rings. The molecule has 10 heteroatoms. The SMILES string of the molecule is NC(=O)CS.NC(=O)CS.NC(=O)CS.[Sb]. The Balaban J connectivity index is -0.0000000655. The van der Waals surface area contributed by atoms with E-state index < -0.39 is 0 Å². The van der Waals surface area contributed by atoms with Crippen LogP contribution in [0.15, 0.2) is 0 Å². The fraction of sp³-hybridized carbons (Fsp3) is 0.500. The van der Waals surface area contributed by atoms with Gasteiger partial charge in [0.25, 0.3) is 0 Å². The fourth-order valence-electron chi connectivity index (χ4n) is 0. The Morgan fingerprint density at radius 1 is 0.688 bits per heavy atom. The van der Waals surface area contributed by atoms with Gasteiger partial charge in [0.1, 0.15) is 0 Å². The van der Waals surface area contributed by atoms with Gasteiger partial charge in [0, 0.05) is 24.4 Å². The molecule has 0 atom stereocenters. The average molecular weight is 395 g/mol. The second kappa shape index (κ2) is 20.7. The zero-order chi connectivity index (χ0) is 12.9. The molecule has 3 radical (unpaired) electrons. The number of carbonyl (C=O) groups is 3. The topological polar surface area (TPSA) is 129 Å². The number of thiol groups is 3. The smallest absolute Gasteiger partial charge is 0.227 e. The monoisotopic (exact) mass is 394 g/mol. The van der Waals surface area contributed by atoms with Gasteiger partial charge in [-0.3, -0.25) is 14.4 Å². The molecular formula is C6H15N3O3S3Sb. The summed E-state index contributed by atoms with van der Waals surface area (Å²) in [6, 6.07) is 0. The number of nitrogens with two attached hydrogens (primary N) is 3. The zero-order valence-corrected chi connectivity index (χ0v) is 13.6. The van der Waals surface area contributed by atoms with Crippen LogP contribution in [0.3, 0.4) is 0 Å². The summed E-state index contributed by atoms with van der Waals surface area (Å²) in [5.74, 6) is -0.727. The normalized spacial score (nSPS) is 6.94. The van der Waals surface area contributed by atoms with E-state index in [2.05, 4.69) is 55.1 Å². The van der Waals surface area contributed by atoms with Crippen molar-refractivity contribution in [2.75, 3.05) is 17.3 Å². The van der Waals surface area contributed by atoms with Gasteiger partial charge in [-0.1, -0.05) is 0 Å². The van der Waals surface area contributed by atoms with Gasteiger partial charge in [0.05, 0.1) is 17.3 Å². The number of hydrogen-bond donors (Lipinski definition) is 6. The zero-order valence-electron chi connectivity index (χ0n) is 8.37. The van der Waals surface area contributed by atoms with Crippen molar-refractivity contribution in [2.45, 2.75) is 0 Å². The minimum atomic E-state index is -0.381. The van der Waals surface area contributed by atoms with Crippen LogP contribution in [-0.2, 0) is 14.4 Å². The summed E-state index contributed by atoms with van der Waals surface area (Å²) in [4.78, 5) is 28.5. The third-order valence-electron chi connectivity index (χ3n) is 0.468. The number of primary amides is 3. The van der Waals surface area contributed by atoms with Crippen LogP contribution in [0.1, 0.15) is 0 Å². The Kier molecular flexibility index (Phi) is 32.5. The second-order valence-electron chi connectivity index (χ2n) is 1.87. The molecule has 3 amide bonds. The molecule has 0 aromatic rings. The summed E-state index contributed by atoms with van der Waals surface area (Å²) in [6.07, 6.45) is 0. The van der Waals surface area contributed by atoms with Gasteiger partial charge < -0.3 is 17.2 Å². The van der Waals surface area contributed by atoms with Gasteiger partial charge in [0.15, 0.2) is 0 Å². The van der Waals surface area contributed by atoms with Crippen molar-refractivity contribution in [2.24, 2.45) is 17.2 Å². The van der Waals surface area contributed by atoms with Gasteiger partial charge >= 0.3 is 0 Å². The van der Waals surface area contributed by atoms with Crippen LogP contribution in [0.2, 0.25) is 0 Å². The van der Waals surface area contributed by atoms with E-state index >= 15 is 0 Å². The molecule has 0 saturated heterocycles. The Morgan fingerprint density at radius 3 is 0.750 bits per heavy atom. The molecule has 0 aliphatic heterocycles. The van der Waals surface area contributed by atoms with Crippen LogP contribution in [-0.4, -0.2) is 59.4 Å². The van der Waals surface area contributed by atoms with Crippen molar-refractivity contribution in [1.29, 1.82) is 0 Å². The van der Waals surface area contributed by atoms with Crippen molar-refractivity contribution in [3.05, 3.63) is 0 Å². The Labute approximate surface area is 128 Å². The van der Waals surface area contributed by atoms with Crippen molar-refractivity contribution in [3.8, 4) is 0 Å². The van der Waals surface area contributed by atoms with Gasteiger partial charge in [0.2, 0.25) is 17.7 Å². The molecule has 0 saturated carbocycles. The molecule has 0 aliphatic rings. The first-order valence-corrected chi connectivity index (χ1v) is 5.39. The first-order chi connectivity index (χ1) is 6.81. The third-order valence-corrected chi connectivity index (χ3v) is 1.40. The van der Waals surface area contributed by atoms with Crippen LogP contribution < -0.4 is 17.2 Å². The summed E-state index contributed by atoms with van der Waals surface area (Å²) in [6.45, 7) is 0. The Bertz CT molecular complexity index is 173. The summed E-state index contributed by atoms with van der Waals surface area (Å²) in [7, 11) is 0. The maximum absolute atomic E-state index is 9.51. The third kappa shape index (κ3) is 63.9. The molecule has 0 bridgehead atoms. The molecule has 6 N–H and O–H groups in total. The van der Waals surface area contributed by atoms with E-state index in [1.54, 1.807) is 0 Å². The first kappa shape index (κ1) is 25.2. The largest absolute Gasteiger partial charge is 0.369 e. The van der Waals surface area contributed by atoms with Crippen molar-refractivity contribution >= 4 is 80.0 Å². The average Bonchev–Trinajstić information content (AvgIpc) is 2.19. The molecule has 0 heterocycles. The quantitative estimate of drug-likeness (QED) is 0.240. The van der Waals surface area contributed by atoms with E-state index in [9.17, 15) is 14.4 Å². The summed E-state index contributed by atoms with van der Waals surface area (Å²) in [5, 5.41) is 0. The molecular weight excluding hydrogens is 380 g/mol. The second-order valence-corrected chi connectivity index (χ2v) is 2.82. The van der Waals surface area contributed by atoms with Crippen LogP contribution in [0, 0.1) is 0 Å². The van der Waals surface area contributed by atoms with E-state index in [1.165, 1.54) is 0 Å². The van der Waals surface area contributed by atoms with Gasteiger partial charge in [-0.2, -0.15) is 37.9 Å². The van der Waals surface area contributed by atoms with E-state index in [-0.39, 0.29) is 59.4 Å². The molecule has 0 aliphatic carbocycles. The van der Waals surface area contributed by atoms with E-state index in [4.69, 9.17) is 0 Å². The van der Waals surface area contributed by atoms with Crippen molar-refractivity contribution in [3.63, 3.8) is 0 Å². The first-order valence-electron chi connectivity index (χ1n) is 3.49. The molecule has 0 aromatic carbocycles. The Morgan fingerprint density at radius 2 is 0.750 bits per heavy atom. The van der Waals surface area contributed by atoms with Crippen LogP contribution >= 0.6 is 37.9 Å². The van der Waals surface area contributed by atoms with E-state index in [0.717, 1.165) is 0 Å². The molecule has 0 spiro atoms. The minimum Gasteiger partial charge on any atom is -0.369 e. The maximum atomic E-state index is 9.51. The number of carbonyl (C=O) groups excluding carboxylic acids is 3. The summed E-state index contributed by atoms with van der Waals surface area (Å²) < 4.78 is 0. The van der Waals surface area contributed by atoms with Crippen LogP contribution in [0.5, 0.6) is 0 Å². The number of amides is 3. The fourth-order valence-corrected chi connectivity index (χ4v) is 0. The van der Waals surface area contributed by atoms with Crippen molar-refractivity contribution in [1.82, 2.24) is 0 Å². The summed E-state index contributed by atoms with van der Waals surface area (Å²) >= 11 is 10.6. The van der Waals surface area contributed by atoms with Gasteiger partial charge in [-0.15, -0.1) is 0 Å². The molecule has 95 valence electrons. The van der Waals surface area contributed by atoms with E-state index in [1.807, 2.05) is 0 Å². The van der Waals surface area contributed by atoms with Crippen LogP contribution in [0.4, 0.5) is 0 Å². The molecule has 0 aromatic heterocycles. The molecule has 0 unspecified atom stereocenters. The van der Waals surface area contributed by atoms with Crippen LogP contribution in [0.25, 0.3) is 0 Å². The summed E-state index contributed by atoms with van der Waals surface area (Å²) in [5.41, 5.74) is 13.7. The Hall–Kier alpha value is 0.278. The van der Waals surface area contributed by atoms with Gasteiger partial charge in [-0.25, -0.2) is 0 Å². The standard InChI is InChI=1S/3C2H5NOS.Sb/c3*3-2(4)1-5;/h3*5H,1H2,(H2,3,4);.